The Labute approximate surface area is 116 Å². The third kappa shape index (κ3) is 3.95. The Bertz CT molecular complexity index is 441. The van der Waals surface area contributed by atoms with Crippen molar-refractivity contribution in [3.8, 4) is 11.5 Å². The number of halogens is 1. The van der Waals surface area contributed by atoms with Crippen LogP contribution in [-0.4, -0.2) is 30.9 Å². The van der Waals surface area contributed by atoms with E-state index in [1.54, 1.807) is 0 Å². The van der Waals surface area contributed by atoms with Gasteiger partial charge in [0, 0.05) is 12.6 Å². The third-order valence-corrected chi connectivity index (χ3v) is 2.57. The van der Waals surface area contributed by atoms with E-state index in [0.717, 1.165) is 0 Å². The summed E-state index contributed by atoms with van der Waals surface area (Å²) in [7, 11) is 2.83. The van der Waals surface area contributed by atoms with Crippen molar-refractivity contribution in [1.29, 1.82) is 0 Å². The first-order valence-corrected chi connectivity index (χ1v) is 5.31. The normalized spacial score (nSPS) is 11.4. The average molecular weight is 293 g/mol. The number of hydrogen-bond donors (Lipinski definition) is 2. The standard InChI is InChI=1S/C11H16N2O5.ClH/c1-17-10-5-7(8(12)3-4-14)9(13(15)16)6-11(10)18-2;/h5-6,8,14H,3-4,12H2,1-2H3;1H. The van der Waals surface area contributed by atoms with E-state index in [9.17, 15) is 10.1 Å². The molecule has 0 fully saturated rings. The monoisotopic (exact) mass is 292 g/mol. The molecule has 0 amide bonds. The van der Waals surface area contributed by atoms with Crippen LogP contribution in [0.15, 0.2) is 12.1 Å². The highest BCUT2D eigenvalue weighted by Gasteiger charge is 2.23. The number of methoxy groups -OCH3 is 2. The van der Waals surface area contributed by atoms with Gasteiger partial charge in [-0.3, -0.25) is 10.1 Å². The molecule has 3 N–H and O–H groups in total. The summed E-state index contributed by atoms with van der Waals surface area (Å²) in [5, 5.41) is 19.8. The molecule has 0 bridgehead atoms. The molecule has 0 saturated carbocycles. The van der Waals surface area contributed by atoms with Crippen molar-refractivity contribution in [2.75, 3.05) is 20.8 Å². The number of aliphatic hydroxyl groups is 1. The number of nitro benzene ring substituents is 1. The lowest BCUT2D eigenvalue weighted by Crippen LogP contribution is -2.14. The van der Waals surface area contributed by atoms with Crippen molar-refractivity contribution >= 4 is 18.1 Å². The number of rotatable bonds is 6. The van der Waals surface area contributed by atoms with Crippen LogP contribution in [0.4, 0.5) is 5.69 Å². The molecular formula is C11H17ClN2O5. The van der Waals surface area contributed by atoms with Crippen LogP contribution in [0.3, 0.4) is 0 Å². The smallest absolute Gasteiger partial charge is 0.278 e. The second kappa shape index (κ2) is 7.78. The van der Waals surface area contributed by atoms with Crippen molar-refractivity contribution < 1.29 is 19.5 Å². The Kier molecular flexibility index (Phi) is 7.13. The number of nitrogens with zero attached hydrogens (tertiary/aromatic N) is 1. The molecule has 19 heavy (non-hydrogen) atoms. The molecule has 0 aliphatic carbocycles. The first kappa shape index (κ1) is 17.4. The Morgan fingerprint density at radius 1 is 1.37 bits per heavy atom. The van der Waals surface area contributed by atoms with E-state index in [2.05, 4.69) is 0 Å². The van der Waals surface area contributed by atoms with Crippen molar-refractivity contribution in [1.82, 2.24) is 0 Å². The lowest BCUT2D eigenvalue weighted by Gasteiger charge is -2.14. The third-order valence-electron chi connectivity index (χ3n) is 2.57. The molecule has 1 rings (SSSR count). The summed E-state index contributed by atoms with van der Waals surface area (Å²) in [6.45, 7) is -0.146. The highest BCUT2D eigenvalue weighted by Crippen LogP contribution is 2.37. The van der Waals surface area contributed by atoms with Gasteiger partial charge in [-0.2, -0.15) is 0 Å². The van der Waals surface area contributed by atoms with Crippen molar-refractivity contribution in [2.45, 2.75) is 12.5 Å². The molecule has 108 valence electrons. The lowest BCUT2D eigenvalue weighted by molar-refractivity contribution is -0.385. The molecule has 7 nitrogen and oxygen atoms in total. The summed E-state index contributed by atoms with van der Waals surface area (Å²) in [5.74, 6) is 0.635. The van der Waals surface area contributed by atoms with Gasteiger partial charge in [0.25, 0.3) is 5.69 Å². The molecule has 1 aromatic rings. The van der Waals surface area contributed by atoms with E-state index in [-0.39, 0.29) is 36.9 Å². The Hall–Kier alpha value is -1.57. The number of hydrogen-bond acceptors (Lipinski definition) is 6. The zero-order valence-electron chi connectivity index (χ0n) is 10.7. The van der Waals surface area contributed by atoms with E-state index in [1.807, 2.05) is 0 Å². The molecular weight excluding hydrogens is 276 g/mol. The second-order valence-corrected chi connectivity index (χ2v) is 3.64. The first-order chi connectivity index (χ1) is 8.54. The van der Waals surface area contributed by atoms with Crippen molar-refractivity contribution in [3.05, 3.63) is 27.8 Å². The van der Waals surface area contributed by atoms with E-state index in [0.29, 0.717) is 11.3 Å². The summed E-state index contributed by atoms with van der Waals surface area (Å²) < 4.78 is 10.1. The number of ether oxygens (including phenoxy) is 2. The Balaban J connectivity index is 0.00000324. The topological polar surface area (TPSA) is 108 Å². The summed E-state index contributed by atoms with van der Waals surface area (Å²) in [4.78, 5) is 10.5. The van der Waals surface area contributed by atoms with E-state index >= 15 is 0 Å². The van der Waals surface area contributed by atoms with Crippen LogP contribution < -0.4 is 15.2 Å². The van der Waals surface area contributed by atoms with Crippen LogP contribution in [0.2, 0.25) is 0 Å². The van der Waals surface area contributed by atoms with Crippen LogP contribution in [-0.2, 0) is 0 Å². The van der Waals surface area contributed by atoms with Crippen molar-refractivity contribution in [3.63, 3.8) is 0 Å². The lowest BCUT2D eigenvalue weighted by atomic mass is 10.0. The predicted octanol–water partition coefficient (Wildman–Crippen LogP) is 1.42. The molecule has 1 unspecified atom stereocenters. The van der Waals surface area contributed by atoms with Gasteiger partial charge in [-0.1, -0.05) is 0 Å². The molecule has 0 heterocycles. The number of benzene rings is 1. The summed E-state index contributed by atoms with van der Waals surface area (Å²) in [6, 6.07) is 2.11. The molecule has 0 radical (unpaired) electrons. The molecule has 1 aromatic carbocycles. The molecule has 1 atom stereocenters. The molecule has 0 saturated heterocycles. The molecule has 8 heteroatoms. The first-order valence-electron chi connectivity index (χ1n) is 5.31. The zero-order chi connectivity index (χ0) is 13.7. The van der Waals surface area contributed by atoms with E-state index < -0.39 is 11.0 Å². The maximum atomic E-state index is 11.0. The molecule has 0 aromatic heterocycles. The highest BCUT2D eigenvalue weighted by atomic mass is 35.5. The fraction of sp³-hybridized carbons (Fsp3) is 0.455. The number of nitro groups is 1. The number of nitrogens with two attached hydrogens (primary N) is 1. The van der Waals surface area contributed by atoms with Crippen LogP contribution in [0.5, 0.6) is 11.5 Å². The van der Waals surface area contributed by atoms with Gasteiger partial charge in [-0.15, -0.1) is 12.4 Å². The summed E-state index contributed by atoms with van der Waals surface area (Å²) >= 11 is 0. The van der Waals surface area contributed by atoms with Gasteiger partial charge in [-0.25, -0.2) is 0 Å². The maximum Gasteiger partial charge on any atom is 0.278 e. The van der Waals surface area contributed by atoms with Crippen LogP contribution in [0.25, 0.3) is 0 Å². The van der Waals surface area contributed by atoms with Crippen molar-refractivity contribution in [2.24, 2.45) is 5.73 Å². The van der Waals surface area contributed by atoms with Gasteiger partial charge in [0.2, 0.25) is 0 Å². The SMILES string of the molecule is COc1cc(C(N)CCO)c([N+](=O)[O-])cc1OC.Cl. The van der Waals surface area contributed by atoms with Crippen LogP contribution in [0.1, 0.15) is 18.0 Å². The quantitative estimate of drug-likeness (QED) is 0.606. The summed E-state index contributed by atoms with van der Waals surface area (Å²) in [5.41, 5.74) is 5.97. The Morgan fingerprint density at radius 2 is 1.89 bits per heavy atom. The van der Waals surface area contributed by atoms with Crippen LogP contribution >= 0.6 is 12.4 Å². The second-order valence-electron chi connectivity index (χ2n) is 3.64. The fourth-order valence-electron chi connectivity index (χ4n) is 1.63. The Morgan fingerprint density at radius 3 is 2.32 bits per heavy atom. The highest BCUT2D eigenvalue weighted by molar-refractivity contribution is 5.85. The minimum Gasteiger partial charge on any atom is -0.493 e. The average Bonchev–Trinajstić information content (AvgIpc) is 2.37. The van der Waals surface area contributed by atoms with Gasteiger partial charge in [0.15, 0.2) is 11.5 Å². The van der Waals surface area contributed by atoms with Crippen LogP contribution in [0, 0.1) is 10.1 Å². The van der Waals surface area contributed by atoms with E-state index in [4.69, 9.17) is 20.3 Å². The predicted molar refractivity (Wildman–Crippen MR) is 72.1 cm³/mol. The van der Waals surface area contributed by atoms with Gasteiger partial charge >= 0.3 is 0 Å². The van der Waals surface area contributed by atoms with Gasteiger partial charge in [0.05, 0.1) is 30.8 Å². The minimum absolute atomic E-state index is 0. The number of aliphatic hydroxyl groups excluding tert-OH is 1. The molecule has 0 aliphatic heterocycles. The van der Waals surface area contributed by atoms with Gasteiger partial charge in [-0.05, 0) is 12.5 Å². The minimum atomic E-state index is -0.629. The molecule has 0 aliphatic rings. The van der Waals surface area contributed by atoms with Gasteiger partial charge < -0.3 is 20.3 Å². The van der Waals surface area contributed by atoms with Gasteiger partial charge in [0.1, 0.15) is 0 Å². The fourth-order valence-corrected chi connectivity index (χ4v) is 1.63. The maximum absolute atomic E-state index is 11.0. The van der Waals surface area contributed by atoms with E-state index in [1.165, 1.54) is 26.4 Å². The summed E-state index contributed by atoms with van der Waals surface area (Å²) in [6.07, 6.45) is 0.232. The largest absolute Gasteiger partial charge is 0.493 e. The molecule has 0 spiro atoms. The zero-order valence-corrected chi connectivity index (χ0v) is 11.5.